The van der Waals surface area contributed by atoms with Gasteiger partial charge in [0.05, 0.1) is 6.54 Å². The van der Waals surface area contributed by atoms with Crippen LogP contribution in [0.5, 0.6) is 11.5 Å². The summed E-state index contributed by atoms with van der Waals surface area (Å²) < 4.78 is 5.76. The minimum atomic E-state index is -0.507. The third-order valence-electron chi connectivity index (χ3n) is 3.97. The molecule has 2 N–H and O–H groups in total. The number of benzene rings is 2. The average Bonchev–Trinajstić information content (AvgIpc) is 2.63. The first kappa shape index (κ1) is 17.0. The SMILES string of the molecule is CN(Cc1ccc(Oc2ccccc2)cc1)C(=O)C1CNCC(=O)N1. The van der Waals surface area contributed by atoms with Crippen LogP contribution in [0.2, 0.25) is 0 Å². The molecule has 0 saturated carbocycles. The molecular weight excluding hydrogens is 318 g/mol. The molecule has 1 aliphatic rings. The van der Waals surface area contributed by atoms with E-state index in [1.165, 1.54) is 0 Å². The molecule has 1 heterocycles. The van der Waals surface area contributed by atoms with Gasteiger partial charge in [0.2, 0.25) is 11.8 Å². The molecular formula is C19H21N3O3. The van der Waals surface area contributed by atoms with E-state index in [-0.39, 0.29) is 18.4 Å². The fourth-order valence-electron chi connectivity index (χ4n) is 2.68. The third kappa shape index (κ3) is 4.58. The standard InChI is InChI=1S/C19H21N3O3/c1-22(19(24)17-11-20-12-18(23)21-17)13-14-7-9-16(10-8-14)25-15-5-3-2-4-6-15/h2-10,17,20H,11-13H2,1H3,(H,21,23). The number of amides is 2. The maximum Gasteiger partial charge on any atom is 0.246 e. The number of carbonyl (C=O) groups is 2. The summed E-state index contributed by atoms with van der Waals surface area (Å²) in [6, 6.07) is 16.7. The minimum Gasteiger partial charge on any atom is -0.457 e. The Morgan fingerprint density at radius 1 is 1.12 bits per heavy atom. The molecule has 1 fully saturated rings. The second kappa shape index (κ2) is 7.81. The van der Waals surface area contributed by atoms with Crippen LogP contribution in [-0.4, -0.2) is 42.9 Å². The molecule has 1 unspecified atom stereocenters. The molecule has 0 aliphatic carbocycles. The number of carbonyl (C=O) groups excluding carboxylic acids is 2. The van der Waals surface area contributed by atoms with Gasteiger partial charge in [0.25, 0.3) is 0 Å². The van der Waals surface area contributed by atoms with Gasteiger partial charge in [-0.2, -0.15) is 0 Å². The van der Waals surface area contributed by atoms with Crippen LogP contribution in [-0.2, 0) is 16.1 Å². The highest BCUT2D eigenvalue weighted by Crippen LogP contribution is 2.21. The van der Waals surface area contributed by atoms with E-state index in [0.717, 1.165) is 17.1 Å². The van der Waals surface area contributed by atoms with Gasteiger partial charge in [-0.25, -0.2) is 0 Å². The van der Waals surface area contributed by atoms with Gasteiger partial charge in [0.15, 0.2) is 0 Å². The summed E-state index contributed by atoms with van der Waals surface area (Å²) in [5, 5.41) is 5.65. The van der Waals surface area contributed by atoms with Crippen molar-refractivity contribution in [1.82, 2.24) is 15.5 Å². The number of nitrogens with one attached hydrogen (secondary N) is 2. The largest absolute Gasteiger partial charge is 0.457 e. The zero-order valence-electron chi connectivity index (χ0n) is 14.1. The molecule has 1 aliphatic heterocycles. The zero-order valence-corrected chi connectivity index (χ0v) is 14.1. The maximum atomic E-state index is 12.4. The molecule has 1 atom stereocenters. The second-order valence-electron chi connectivity index (χ2n) is 6.00. The number of rotatable bonds is 5. The summed E-state index contributed by atoms with van der Waals surface area (Å²) in [6.07, 6.45) is 0. The van der Waals surface area contributed by atoms with Crippen molar-refractivity contribution >= 4 is 11.8 Å². The van der Waals surface area contributed by atoms with Gasteiger partial charge in [-0.15, -0.1) is 0 Å². The number of nitrogens with zero attached hydrogens (tertiary/aromatic N) is 1. The Morgan fingerprint density at radius 2 is 1.80 bits per heavy atom. The Morgan fingerprint density at radius 3 is 2.48 bits per heavy atom. The Hall–Kier alpha value is -2.86. The van der Waals surface area contributed by atoms with Gasteiger partial charge in [-0.05, 0) is 29.8 Å². The smallest absolute Gasteiger partial charge is 0.246 e. The van der Waals surface area contributed by atoms with Crippen LogP contribution in [0, 0.1) is 0 Å². The van der Waals surface area contributed by atoms with Gasteiger partial charge >= 0.3 is 0 Å². The molecule has 0 spiro atoms. The van der Waals surface area contributed by atoms with Crippen LogP contribution in [0.25, 0.3) is 0 Å². The zero-order chi connectivity index (χ0) is 17.6. The van der Waals surface area contributed by atoms with E-state index < -0.39 is 6.04 Å². The second-order valence-corrected chi connectivity index (χ2v) is 6.00. The number of para-hydroxylation sites is 1. The van der Waals surface area contributed by atoms with Gasteiger partial charge in [-0.1, -0.05) is 30.3 Å². The lowest BCUT2D eigenvalue weighted by atomic mass is 10.1. The fraction of sp³-hybridized carbons (Fsp3) is 0.263. The van der Waals surface area contributed by atoms with Crippen LogP contribution in [0.3, 0.4) is 0 Å². The molecule has 0 bridgehead atoms. The topological polar surface area (TPSA) is 70.7 Å². The first-order valence-electron chi connectivity index (χ1n) is 8.19. The monoisotopic (exact) mass is 339 g/mol. The highest BCUT2D eigenvalue weighted by molar-refractivity contribution is 5.89. The van der Waals surface area contributed by atoms with Crippen molar-refractivity contribution in [2.24, 2.45) is 0 Å². The molecule has 0 radical (unpaired) electrons. The first-order chi connectivity index (χ1) is 12.1. The van der Waals surface area contributed by atoms with Crippen molar-refractivity contribution in [1.29, 1.82) is 0 Å². The summed E-state index contributed by atoms with van der Waals surface area (Å²) in [6.45, 7) is 1.19. The minimum absolute atomic E-state index is 0.106. The Kier molecular flexibility index (Phi) is 5.30. The molecule has 6 heteroatoms. The number of piperazine rings is 1. The summed E-state index contributed by atoms with van der Waals surface area (Å²) >= 11 is 0. The van der Waals surface area contributed by atoms with Crippen molar-refractivity contribution in [3.63, 3.8) is 0 Å². The van der Waals surface area contributed by atoms with Gasteiger partial charge in [0.1, 0.15) is 17.5 Å². The molecule has 25 heavy (non-hydrogen) atoms. The molecule has 3 rings (SSSR count). The summed E-state index contributed by atoms with van der Waals surface area (Å²) in [5.74, 6) is 1.27. The normalized spacial score (nSPS) is 16.8. The number of hydrogen-bond donors (Lipinski definition) is 2. The fourth-order valence-corrected chi connectivity index (χ4v) is 2.68. The number of hydrogen-bond acceptors (Lipinski definition) is 4. The van der Waals surface area contributed by atoms with Crippen molar-refractivity contribution in [2.75, 3.05) is 20.1 Å². The average molecular weight is 339 g/mol. The molecule has 1 saturated heterocycles. The molecule has 0 aromatic heterocycles. The highest BCUT2D eigenvalue weighted by atomic mass is 16.5. The van der Waals surface area contributed by atoms with E-state index in [9.17, 15) is 9.59 Å². The third-order valence-corrected chi connectivity index (χ3v) is 3.97. The van der Waals surface area contributed by atoms with E-state index in [1.807, 2.05) is 54.6 Å². The number of likely N-dealkylation sites (N-methyl/N-ethyl adjacent to an activating group) is 1. The Bertz CT molecular complexity index is 731. The first-order valence-corrected chi connectivity index (χ1v) is 8.19. The van der Waals surface area contributed by atoms with E-state index in [2.05, 4.69) is 10.6 Å². The van der Waals surface area contributed by atoms with Crippen molar-refractivity contribution in [2.45, 2.75) is 12.6 Å². The highest BCUT2D eigenvalue weighted by Gasteiger charge is 2.26. The molecule has 130 valence electrons. The Labute approximate surface area is 146 Å². The lowest BCUT2D eigenvalue weighted by Crippen LogP contribution is -2.58. The molecule has 2 amide bonds. The van der Waals surface area contributed by atoms with Crippen LogP contribution in [0.15, 0.2) is 54.6 Å². The predicted molar refractivity (Wildman–Crippen MR) is 94.2 cm³/mol. The molecule has 2 aromatic rings. The van der Waals surface area contributed by atoms with Crippen molar-refractivity contribution < 1.29 is 14.3 Å². The van der Waals surface area contributed by atoms with Crippen molar-refractivity contribution in [3.8, 4) is 11.5 Å². The summed E-state index contributed by atoms with van der Waals surface area (Å²) in [7, 11) is 1.73. The van der Waals surface area contributed by atoms with E-state index in [1.54, 1.807) is 11.9 Å². The quantitative estimate of drug-likeness (QED) is 0.867. The van der Waals surface area contributed by atoms with Crippen LogP contribution in [0.1, 0.15) is 5.56 Å². The van der Waals surface area contributed by atoms with Crippen LogP contribution >= 0.6 is 0 Å². The van der Waals surface area contributed by atoms with E-state index in [4.69, 9.17) is 4.74 Å². The van der Waals surface area contributed by atoms with Crippen LogP contribution < -0.4 is 15.4 Å². The lowest BCUT2D eigenvalue weighted by Gasteiger charge is -2.27. The lowest BCUT2D eigenvalue weighted by molar-refractivity contribution is -0.136. The Balaban J connectivity index is 1.57. The van der Waals surface area contributed by atoms with Crippen LogP contribution in [0.4, 0.5) is 0 Å². The van der Waals surface area contributed by atoms with E-state index >= 15 is 0 Å². The van der Waals surface area contributed by atoms with Gasteiger partial charge in [-0.3, -0.25) is 9.59 Å². The maximum absolute atomic E-state index is 12.4. The van der Waals surface area contributed by atoms with Crippen molar-refractivity contribution in [3.05, 3.63) is 60.2 Å². The van der Waals surface area contributed by atoms with E-state index in [0.29, 0.717) is 13.1 Å². The number of ether oxygens (including phenoxy) is 1. The van der Waals surface area contributed by atoms with Gasteiger partial charge in [0, 0.05) is 20.1 Å². The summed E-state index contributed by atoms with van der Waals surface area (Å²) in [4.78, 5) is 25.4. The summed E-state index contributed by atoms with van der Waals surface area (Å²) in [5.41, 5.74) is 0.992. The molecule has 6 nitrogen and oxygen atoms in total. The predicted octanol–water partition coefficient (Wildman–Crippen LogP) is 1.53. The molecule has 2 aromatic carbocycles. The van der Waals surface area contributed by atoms with Gasteiger partial charge < -0.3 is 20.3 Å².